The summed E-state index contributed by atoms with van der Waals surface area (Å²) in [5.74, 6) is -2.50. The van der Waals surface area contributed by atoms with Gasteiger partial charge in [-0.25, -0.2) is 4.39 Å². The fourth-order valence-corrected chi connectivity index (χ4v) is 2.30. The highest BCUT2D eigenvalue weighted by Crippen LogP contribution is 2.38. The number of carbonyl (C=O) groups excluding carboxylic acids is 1. The summed E-state index contributed by atoms with van der Waals surface area (Å²) in [5, 5.41) is 11.5. The van der Waals surface area contributed by atoms with E-state index in [1.807, 2.05) is 13.8 Å². The van der Waals surface area contributed by atoms with E-state index in [1.165, 1.54) is 6.07 Å². The number of amides is 1. The first kappa shape index (κ1) is 14.5. The Morgan fingerprint density at radius 2 is 2.00 bits per heavy atom. The molecule has 0 aliphatic heterocycles. The highest BCUT2D eigenvalue weighted by atomic mass is 19.1. The number of carboxylic acid groups (broad SMARTS) is 1. The topological polar surface area (TPSA) is 66.4 Å². The molecule has 0 saturated heterocycles. The van der Waals surface area contributed by atoms with E-state index in [0.717, 1.165) is 0 Å². The van der Waals surface area contributed by atoms with Gasteiger partial charge in [0.25, 0.3) is 0 Å². The quantitative estimate of drug-likeness (QED) is 0.865. The Hall–Kier alpha value is -1.91. The lowest BCUT2D eigenvalue weighted by molar-refractivity contribution is -0.140. The minimum absolute atomic E-state index is 0.262. The molecule has 5 heteroatoms. The largest absolute Gasteiger partial charge is 0.481 e. The molecule has 1 aromatic carbocycles. The van der Waals surface area contributed by atoms with Crippen molar-refractivity contribution in [3.63, 3.8) is 0 Å². The number of carbonyl (C=O) groups is 2. The summed E-state index contributed by atoms with van der Waals surface area (Å²) in [6.45, 7) is 3.95. The maximum absolute atomic E-state index is 13.8. The van der Waals surface area contributed by atoms with Crippen LogP contribution in [0.4, 0.5) is 4.39 Å². The molecule has 0 aromatic heterocycles. The summed E-state index contributed by atoms with van der Waals surface area (Å²) in [5.41, 5.74) is -0.0138. The Morgan fingerprint density at radius 3 is 2.55 bits per heavy atom. The van der Waals surface area contributed by atoms with Crippen LogP contribution in [0.2, 0.25) is 0 Å². The Labute approximate surface area is 117 Å². The first-order valence-corrected chi connectivity index (χ1v) is 6.58. The van der Waals surface area contributed by atoms with E-state index in [-0.39, 0.29) is 18.3 Å². The van der Waals surface area contributed by atoms with Crippen molar-refractivity contribution < 1.29 is 19.1 Å². The van der Waals surface area contributed by atoms with Gasteiger partial charge < -0.3 is 10.4 Å². The number of carboxylic acids is 1. The SMILES string of the molecule is CC(C)(CNC(=O)[C@@H]1C[C@H]1C(=O)O)c1ccccc1F. The number of nitrogens with one attached hydrogen (secondary N) is 1. The predicted octanol–water partition coefficient (Wildman–Crippen LogP) is 1.94. The third kappa shape index (κ3) is 2.98. The summed E-state index contributed by atoms with van der Waals surface area (Å²) < 4.78 is 13.8. The number of halogens is 1. The third-order valence-corrected chi connectivity index (χ3v) is 3.75. The van der Waals surface area contributed by atoms with Crippen LogP contribution >= 0.6 is 0 Å². The van der Waals surface area contributed by atoms with Gasteiger partial charge in [0.1, 0.15) is 5.82 Å². The molecule has 1 aromatic rings. The van der Waals surface area contributed by atoms with E-state index in [2.05, 4.69) is 5.32 Å². The fraction of sp³-hybridized carbons (Fsp3) is 0.467. The van der Waals surface area contributed by atoms with E-state index in [1.54, 1.807) is 18.2 Å². The van der Waals surface area contributed by atoms with Gasteiger partial charge in [-0.1, -0.05) is 32.0 Å². The number of hydrogen-bond acceptors (Lipinski definition) is 2. The van der Waals surface area contributed by atoms with E-state index in [0.29, 0.717) is 12.0 Å². The molecule has 0 spiro atoms. The molecule has 108 valence electrons. The molecule has 1 aliphatic rings. The van der Waals surface area contributed by atoms with Crippen molar-refractivity contribution in [3.05, 3.63) is 35.6 Å². The van der Waals surface area contributed by atoms with Crippen molar-refractivity contribution in [1.29, 1.82) is 0 Å². The second-order valence-corrected chi connectivity index (χ2v) is 5.87. The van der Waals surface area contributed by atoms with Gasteiger partial charge in [-0.15, -0.1) is 0 Å². The van der Waals surface area contributed by atoms with Crippen LogP contribution in [0.1, 0.15) is 25.8 Å². The zero-order chi connectivity index (χ0) is 14.9. The average Bonchev–Trinajstić information content (AvgIpc) is 3.16. The van der Waals surface area contributed by atoms with Gasteiger partial charge in [-0.3, -0.25) is 9.59 Å². The molecule has 2 atom stereocenters. The summed E-state index contributed by atoms with van der Waals surface area (Å²) in [6, 6.07) is 6.46. The Balaban J connectivity index is 1.95. The number of benzene rings is 1. The van der Waals surface area contributed by atoms with Gasteiger partial charge >= 0.3 is 5.97 Å². The lowest BCUT2D eigenvalue weighted by Gasteiger charge is -2.26. The zero-order valence-electron chi connectivity index (χ0n) is 11.5. The number of hydrogen-bond donors (Lipinski definition) is 2. The van der Waals surface area contributed by atoms with Crippen LogP contribution in [0.5, 0.6) is 0 Å². The van der Waals surface area contributed by atoms with Crippen LogP contribution in [0.3, 0.4) is 0 Å². The number of rotatable bonds is 5. The molecule has 1 saturated carbocycles. The second-order valence-electron chi connectivity index (χ2n) is 5.87. The van der Waals surface area contributed by atoms with Crippen molar-refractivity contribution >= 4 is 11.9 Å². The van der Waals surface area contributed by atoms with Crippen molar-refractivity contribution in [2.24, 2.45) is 11.8 Å². The lowest BCUT2D eigenvalue weighted by atomic mass is 9.84. The highest BCUT2D eigenvalue weighted by Gasteiger charge is 2.48. The molecular formula is C15H18FNO3. The maximum Gasteiger partial charge on any atom is 0.307 e. The minimum atomic E-state index is -0.932. The van der Waals surface area contributed by atoms with E-state index < -0.39 is 23.2 Å². The third-order valence-electron chi connectivity index (χ3n) is 3.75. The fourth-order valence-electron chi connectivity index (χ4n) is 2.30. The smallest absolute Gasteiger partial charge is 0.307 e. The highest BCUT2D eigenvalue weighted by molar-refractivity contribution is 5.89. The zero-order valence-corrected chi connectivity index (χ0v) is 11.5. The Morgan fingerprint density at radius 1 is 1.35 bits per heavy atom. The second kappa shape index (κ2) is 5.23. The molecule has 0 unspecified atom stereocenters. The molecule has 2 N–H and O–H groups in total. The van der Waals surface area contributed by atoms with E-state index >= 15 is 0 Å². The summed E-state index contributed by atoms with van der Waals surface area (Å²) in [4.78, 5) is 22.5. The van der Waals surface area contributed by atoms with Crippen LogP contribution < -0.4 is 5.32 Å². The molecule has 1 amide bonds. The normalized spacial score (nSPS) is 21.4. The van der Waals surface area contributed by atoms with Crippen LogP contribution in [0.25, 0.3) is 0 Å². The number of aliphatic carboxylic acids is 1. The lowest BCUT2D eigenvalue weighted by Crippen LogP contribution is -2.38. The Kier molecular flexibility index (Phi) is 3.79. The molecule has 20 heavy (non-hydrogen) atoms. The molecule has 0 radical (unpaired) electrons. The van der Waals surface area contributed by atoms with Gasteiger partial charge in [0.05, 0.1) is 11.8 Å². The predicted molar refractivity (Wildman–Crippen MR) is 71.7 cm³/mol. The van der Waals surface area contributed by atoms with Gasteiger partial charge in [0.2, 0.25) is 5.91 Å². The van der Waals surface area contributed by atoms with E-state index in [9.17, 15) is 14.0 Å². The summed E-state index contributed by atoms with van der Waals surface area (Å²) in [7, 11) is 0. The monoisotopic (exact) mass is 279 g/mol. The molecule has 2 rings (SSSR count). The molecule has 1 aliphatic carbocycles. The van der Waals surface area contributed by atoms with Gasteiger partial charge in [-0.05, 0) is 18.1 Å². The first-order chi connectivity index (χ1) is 9.33. The maximum atomic E-state index is 13.8. The van der Waals surface area contributed by atoms with Gasteiger partial charge in [0, 0.05) is 12.0 Å². The van der Waals surface area contributed by atoms with Crippen LogP contribution in [0, 0.1) is 17.7 Å². The molecule has 1 fully saturated rings. The van der Waals surface area contributed by atoms with Crippen LogP contribution in [-0.4, -0.2) is 23.5 Å². The molecular weight excluding hydrogens is 261 g/mol. The molecule has 4 nitrogen and oxygen atoms in total. The Bertz CT molecular complexity index is 542. The summed E-state index contributed by atoms with van der Waals surface area (Å²) in [6.07, 6.45) is 0.390. The van der Waals surface area contributed by atoms with Gasteiger partial charge in [-0.2, -0.15) is 0 Å². The molecule has 0 heterocycles. The van der Waals surface area contributed by atoms with Crippen LogP contribution in [-0.2, 0) is 15.0 Å². The average molecular weight is 279 g/mol. The van der Waals surface area contributed by atoms with Crippen LogP contribution in [0.15, 0.2) is 24.3 Å². The standard InChI is InChI=1S/C15H18FNO3/c1-15(2,11-5-3-4-6-12(11)16)8-17-13(18)9-7-10(9)14(19)20/h3-6,9-10H,7-8H2,1-2H3,(H,17,18)(H,19,20)/t9-,10-/m1/s1. The van der Waals surface area contributed by atoms with Crippen molar-refractivity contribution in [2.75, 3.05) is 6.54 Å². The van der Waals surface area contributed by atoms with Gasteiger partial charge in [0.15, 0.2) is 0 Å². The van der Waals surface area contributed by atoms with E-state index in [4.69, 9.17) is 5.11 Å². The van der Waals surface area contributed by atoms with Crippen molar-refractivity contribution in [3.8, 4) is 0 Å². The van der Waals surface area contributed by atoms with Crippen molar-refractivity contribution in [1.82, 2.24) is 5.32 Å². The summed E-state index contributed by atoms with van der Waals surface area (Å²) >= 11 is 0. The minimum Gasteiger partial charge on any atom is -0.481 e. The van der Waals surface area contributed by atoms with Crippen molar-refractivity contribution in [2.45, 2.75) is 25.7 Å². The first-order valence-electron chi connectivity index (χ1n) is 6.58. The molecule has 0 bridgehead atoms.